The smallest absolute Gasteiger partial charge is 0.255 e. The number of carbonyl (C=O) groups is 1. The maximum absolute atomic E-state index is 12.1. The number of carbonyl (C=O) groups excluding carboxylic acids is 1. The summed E-state index contributed by atoms with van der Waals surface area (Å²) in [6.45, 7) is 1.71. The molecule has 2 aromatic carbocycles. The third kappa shape index (κ3) is 4.09. The van der Waals surface area contributed by atoms with Gasteiger partial charge in [-0.25, -0.2) is 0 Å². The zero-order valence-electron chi connectivity index (χ0n) is 11.5. The Balaban J connectivity index is 2.18. The molecule has 0 fully saturated rings. The topological polar surface area (TPSA) is 49.3 Å². The second-order valence-corrected chi connectivity index (χ2v) is 4.89. The Hall–Kier alpha value is -2.28. The lowest BCUT2D eigenvalue weighted by Crippen LogP contribution is -2.12. The van der Waals surface area contributed by atoms with Crippen LogP contribution < -0.4 is 5.32 Å². The van der Waals surface area contributed by atoms with Gasteiger partial charge < -0.3 is 10.4 Å². The Labute approximate surface area is 128 Å². The van der Waals surface area contributed by atoms with E-state index in [1.54, 1.807) is 36.4 Å². The molecule has 0 aliphatic rings. The van der Waals surface area contributed by atoms with Crippen LogP contribution in [0.1, 0.15) is 21.5 Å². The maximum atomic E-state index is 12.1. The fourth-order valence-electron chi connectivity index (χ4n) is 1.85. The molecular formula is C17H14ClNO2. The summed E-state index contributed by atoms with van der Waals surface area (Å²) >= 11 is 5.88. The Morgan fingerprint density at radius 3 is 2.76 bits per heavy atom. The summed E-state index contributed by atoms with van der Waals surface area (Å²) in [6.07, 6.45) is 0. The molecule has 1 amide bonds. The number of aliphatic hydroxyl groups is 1. The first kappa shape index (κ1) is 15.1. The maximum Gasteiger partial charge on any atom is 0.255 e. The van der Waals surface area contributed by atoms with Crippen molar-refractivity contribution in [3.05, 3.63) is 64.2 Å². The van der Waals surface area contributed by atoms with Gasteiger partial charge in [-0.1, -0.05) is 29.5 Å². The summed E-state index contributed by atoms with van der Waals surface area (Å²) < 4.78 is 0. The van der Waals surface area contributed by atoms with Gasteiger partial charge in [0.1, 0.15) is 6.61 Å². The van der Waals surface area contributed by atoms with Gasteiger partial charge in [0.15, 0.2) is 0 Å². The first-order chi connectivity index (χ1) is 10.1. The summed E-state index contributed by atoms with van der Waals surface area (Å²) in [5.74, 6) is 5.20. The first-order valence-corrected chi connectivity index (χ1v) is 6.75. The van der Waals surface area contributed by atoms with E-state index in [1.165, 1.54) is 0 Å². The highest BCUT2D eigenvalue weighted by atomic mass is 35.5. The van der Waals surface area contributed by atoms with E-state index in [0.717, 1.165) is 16.8 Å². The molecule has 106 valence electrons. The minimum atomic E-state index is -0.213. The van der Waals surface area contributed by atoms with E-state index in [4.69, 9.17) is 16.7 Å². The Morgan fingerprint density at radius 2 is 2.10 bits per heavy atom. The highest BCUT2D eigenvalue weighted by Gasteiger charge is 2.08. The van der Waals surface area contributed by atoms with Crippen molar-refractivity contribution < 1.29 is 9.90 Å². The SMILES string of the molecule is Cc1cc(C#CCO)ccc1NC(=O)c1cccc(Cl)c1. The van der Waals surface area contributed by atoms with Gasteiger partial charge in [-0.3, -0.25) is 4.79 Å². The van der Waals surface area contributed by atoms with Crippen LogP contribution in [0.15, 0.2) is 42.5 Å². The van der Waals surface area contributed by atoms with Crippen molar-refractivity contribution in [2.24, 2.45) is 0 Å². The Kier molecular flexibility index (Phi) is 4.99. The molecule has 2 rings (SSSR count). The summed E-state index contributed by atoms with van der Waals surface area (Å²) in [7, 11) is 0. The number of hydrogen-bond acceptors (Lipinski definition) is 2. The third-order valence-electron chi connectivity index (χ3n) is 2.87. The van der Waals surface area contributed by atoms with Crippen molar-refractivity contribution >= 4 is 23.2 Å². The van der Waals surface area contributed by atoms with E-state index in [1.807, 2.05) is 13.0 Å². The average Bonchev–Trinajstić information content (AvgIpc) is 2.47. The Bertz CT molecular complexity index is 729. The first-order valence-electron chi connectivity index (χ1n) is 6.37. The van der Waals surface area contributed by atoms with Crippen molar-refractivity contribution in [1.82, 2.24) is 0 Å². The molecule has 0 aromatic heterocycles. The predicted molar refractivity (Wildman–Crippen MR) is 84.5 cm³/mol. The number of anilines is 1. The summed E-state index contributed by atoms with van der Waals surface area (Å²) in [5.41, 5.74) is 2.91. The van der Waals surface area contributed by atoms with Crippen molar-refractivity contribution in [3.8, 4) is 11.8 Å². The lowest BCUT2D eigenvalue weighted by molar-refractivity contribution is 0.102. The number of aryl methyl sites for hydroxylation is 1. The van der Waals surface area contributed by atoms with Gasteiger partial charge in [-0.05, 0) is 48.9 Å². The molecule has 4 heteroatoms. The lowest BCUT2D eigenvalue weighted by Gasteiger charge is -2.09. The largest absolute Gasteiger partial charge is 0.384 e. The normalized spacial score (nSPS) is 9.67. The van der Waals surface area contributed by atoms with Crippen molar-refractivity contribution in [2.75, 3.05) is 11.9 Å². The van der Waals surface area contributed by atoms with Gasteiger partial charge in [0, 0.05) is 21.8 Å². The highest BCUT2D eigenvalue weighted by molar-refractivity contribution is 6.31. The van der Waals surface area contributed by atoms with Crippen LogP contribution in [0.4, 0.5) is 5.69 Å². The monoisotopic (exact) mass is 299 g/mol. The molecule has 21 heavy (non-hydrogen) atoms. The van der Waals surface area contributed by atoms with Crippen LogP contribution in [0, 0.1) is 18.8 Å². The van der Waals surface area contributed by atoms with Crippen LogP contribution in [-0.2, 0) is 0 Å². The molecule has 0 saturated heterocycles. The summed E-state index contributed by atoms with van der Waals surface area (Å²) in [6, 6.07) is 12.2. The number of aliphatic hydroxyl groups excluding tert-OH is 1. The zero-order chi connectivity index (χ0) is 15.2. The fraction of sp³-hybridized carbons (Fsp3) is 0.118. The molecule has 0 saturated carbocycles. The number of amides is 1. The van der Waals surface area contributed by atoms with Crippen LogP contribution in [0.3, 0.4) is 0 Å². The van der Waals surface area contributed by atoms with Crippen molar-refractivity contribution in [3.63, 3.8) is 0 Å². The molecule has 0 radical (unpaired) electrons. The van der Waals surface area contributed by atoms with Gasteiger partial charge >= 0.3 is 0 Å². The molecule has 0 aliphatic carbocycles. The molecule has 0 aliphatic heterocycles. The second kappa shape index (κ2) is 6.94. The van der Waals surface area contributed by atoms with Crippen LogP contribution in [0.5, 0.6) is 0 Å². The van der Waals surface area contributed by atoms with Gasteiger partial charge in [0.05, 0.1) is 0 Å². The molecule has 2 aromatic rings. The predicted octanol–water partition coefficient (Wildman–Crippen LogP) is 3.24. The number of rotatable bonds is 2. The fourth-order valence-corrected chi connectivity index (χ4v) is 2.04. The van der Waals surface area contributed by atoms with Crippen molar-refractivity contribution in [2.45, 2.75) is 6.92 Å². The molecule has 0 bridgehead atoms. The van der Waals surface area contributed by atoms with E-state index < -0.39 is 0 Å². The van der Waals surface area contributed by atoms with Crippen molar-refractivity contribution in [1.29, 1.82) is 0 Å². The zero-order valence-corrected chi connectivity index (χ0v) is 12.2. The van der Waals surface area contributed by atoms with E-state index >= 15 is 0 Å². The number of hydrogen-bond donors (Lipinski definition) is 2. The molecule has 2 N–H and O–H groups in total. The van der Waals surface area contributed by atoms with E-state index in [-0.39, 0.29) is 12.5 Å². The van der Waals surface area contributed by atoms with Crippen LogP contribution >= 0.6 is 11.6 Å². The van der Waals surface area contributed by atoms with Crippen LogP contribution in [0.25, 0.3) is 0 Å². The van der Waals surface area contributed by atoms with Crippen LogP contribution in [-0.4, -0.2) is 17.6 Å². The van der Waals surface area contributed by atoms with Gasteiger partial charge in [0.2, 0.25) is 0 Å². The summed E-state index contributed by atoms with van der Waals surface area (Å²) in [5, 5.41) is 12.0. The minimum absolute atomic E-state index is 0.174. The lowest BCUT2D eigenvalue weighted by atomic mass is 10.1. The van der Waals surface area contributed by atoms with Gasteiger partial charge in [-0.2, -0.15) is 0 Å². The van der Waals surface area contributed by atoms with E-state index in [9.17, 15) is 4.79 Å². The average molecular weight is 300 g/mol. The molecule has 0 atom stereocenters. The Morgan fingerprint density at radius 1 is 1.29 bits per heavy atom. The molecule has 0 spiro atoms. The highest BCUT2D eigenvalue weighted by Crippen LogP contribution is 2.18. The minimum Gasteiger partial charge on any atom is -0.384 e. The summed E-state index contributed by atoms with van der Waals surface area (Å²) in [4.78, 5) is 12.1. The molecular weight excluding hydrogens is 286 g/mol. The second-order valence-electron chi connectivity index (χ2n) is 4.45. The standard InChI is InChI=1S/C17H14ClNO2/c1-12-10-13(4-3-9-20)7-8-16(12)19-17(21)14-5-2-6-15(18)11-14/h2,5-8,10-11,20H,9H2,1H3,(H,19,21). The molecule has 3 nitrogen and oxygen atoms in total. The van der Waals surface area contributed by atoms with Crippen LogP contribution in [0.2, 0.25) is 5.02 Å². The number of halogens is 1. The number of benzene rings is 2. The van der Waals surface area contributed by atoms with Gasteiger partial charge in [0.25, 0.3) is 5.91 Å². The quantitative estimate of drug-likeness (QED) is 0.836. The number of nitrogens with one attached hydrogen (secondary N) is 1. The van der Waals surface area contributed by atoms with E-state index in [2.05, 4.69) is 17.2 Å². The van der Waals surface area contributed by atoms with E-state index in [0.29, 0.717) is 10.6 Å². The third-order valence-corrected chi connectivity index (χ3v) is 3.11. The molecule has 0 heterocycles. The molecule has 0 unspecified atom stereocenters. The van der Waals surface area contributed by atoms with Gasteiger partial charge in [-0.15, -0.1) is 0 Å².